The Balaban J connectivity index is 1.28. The van der Waals surface area contributed by atoms with Crippen LogP contribution < -0.4 is 5.73 Å². The molecule has 2 N–H and O–H groups in total. The molecule has 0 bridgehead atoms. The van der Waals surface area contributed by atoms with Gasteiger partial charge in [0, 0.05) is 54.2 Å². The maximum atomic E-state index is 13.1. The maximum absolute atomic E-state index is 13.1. The van der Waals surface area contributed by atoms with Crippen LogP contribution in [0.15, 0.2) is 34.9 Å². The molecule has 5 rings (SSSR count). The van der Waals surface area contributed by atoms with E-state index in [-0.39, 0.29) is 17.9 Å². The van der Waals surface area contributed by atoms with E-state index in [0.29, 0.717) is 31.3 Å². The highest BCUT2D eigenvalue weighted by atomic mass is 79.9. The van der Waals surface area contributed by atoms with Crippen LogP contribution in [-0.4, -0.2) is 52.9 Å². The Labute approximate surface area is 220 Å². The van der Waals surface area contributed by atoms with E-state index < -0.39 is 0 Å². The van der Waals surface area contributed by atoms with Crippen molar-refractivity contribution in [2.75, 3.05) is 26.2 Å². The van der Waals surface area contributed by atoms with Gasteiger partial charge in [0.2, 0.25) is 5.91 Å². The minimum absolute atomic E-state index is 0.225. The first-order chi connectivity index (χ1) is 16.9. The molecule has 2 saturated heterocycles. The van der Waals surface area contributed by atoms with Crippen LogP contribution in [0.4, 0.5) is 4.79 Å². The van der Waals surface area contributed by atoms with Crippen LogP contribution in [0.25, 0.3) is 0 Å². The van der Waals surface area contributed by atoms with E-state index in [1.807, 2.05) is 17.2 Å². The number of urea groups is 1. The fourth-order valence-corrected chi connectivity index (χ4v) is 6.75. The quantitative estimate of drug-likeness (QED) is 0.565. The molecule has 1 aromatic carbocycles. The number of aromatic nitrogens is 1. The molecular formula is C27H32BrClN4O2. The zero-order chi connectivity index (χ0) is 24.5. The average Bonchev–Trinajstić information content (AvgIpc) is 3.00. The van der Waals surface area contributed by atoms with Crippen LogP contribution in [0.5, 0.6) is 0 Å². The zero-order valence-corrected chi connectivity index (χ0v) is 22.2. The lowest BCUT2D eigenvalue weighted by molar-refractivity contribution is -0.134. The Hall–Kier alpha value is -2.12. The second kappa shape index (κ2) is 10.5. The van der Waals surface area contributed by atoms with Crippen LogP contribution in [0, 0.1) is 11.8 Å². The number of benzene rings is 1. The first-order valence-electron chi connectivity index (χ1n) is 12.6. The summed E-state index contributed by atoms with van der Waals surface area (Å²) in [5.41, 5.74) is 10.5. The summed E-state index contributed by atoms with van der Waals surface area (Å²) >= 11 is 9.96. The van der Waals surface area contributed by atoms with Gasteiger partial charge in [-0.2, -0.15) is 0 Å². The van der Waals surface area contributed by atoms with Gasteiger partial charge in [-0.05, 0) is 101 Å². The van der Waals surface area contributed by atoms with E-state index >= 15 is 0 Å². The molecule has 0 spiro atoms. The molecule has 1 unspecified atom stereocenters. The van der Waals surface area contributed by atoms with Crippen molar-refractivity contribution in [3.63, 3.8) is 0 Å². The number of hydrogen-bond donors (Lipinski definition) is 1. The van der Waals surface area contributed by atoms with Gasteiger partial charge < -0.3 is 15.5 Å². The fraction of sp³-hybridized carbons (Fsp3) is 0.519. The molecule has 1 aromatic heterocycles. The lowest BCUT2D eigenvalue weighted by atomic mass is 9.76. The summed E-state index contributed by atoms with van der Waals surface area (Å²) in [6, 6.07) is 8.16. The van der Waals surface area contributed by atoms with Crippen molar-refractivity contribution in [1.82, 2.24) is 14.8 Å². The van der Waals surface area contributed by atoms with Gasteiger partial charge in [0.25, 0.3) is 0 Å². The summed E-state index contributed by atoms with van der Waals surface area (Å²) in [7, 11) is 0. The van der Waals surface area contributed by atoms with Crippen LogP contribution in [-0.2, 0) is 17.6 Å². The molecule has 2 aliphatic heterocycles. The highest BCUT2D eigenvalue weighted by molar-refractivity contribution is 9.10. The molecule has 2 aromatic rings. The van der Waals surface area contributed by atoms with E-state index in [1.54, 1.807) is 4.90 Å². The van der Waals surface area contributed by atoms with Crippen molar-refractivity contribution in [3.8, 4) is 0 Å². The predicted molar refractivity (Wildman–Crippen MR) is 140 cm³/mol. The van der Waals surface area contributed by atoms with E-state index in [0.717, 1.165) is 61.1 Å². The lowest BCUT2D eigenvalue weighted by Crippen LogP contribution is -2.44. The van der Waals surface area contributed by atoms with Gasteiger partial charge in [-0.1, -0.05) is 17.7 Å². The molecule has 6 nitrogen and oxygen atoms in total. The third kappa shape index (κ3) is 5.36. The molecule has 2 fully saturated rings. The van der Waals surface area contributed by atoms with E-state index in [1.165, 1.54) is 22.4 Å². The highest BCUT2D eigenvalue weighted by Crippen LogP contribution is 2.43. The Bertz CT molecular complexity index is 1060. The van der Waals surface area contributed by atoms with Gasteiger partial charge in [0.05, 0.1) is 5.69 Å². The topological polar surface area (TPSA) is 79.5 Å². The van der Waals surface area contributed by atoms with Gasteiger partial charge in [-0.25, -0.2) is 4.79 Å². The molecular weight excluding hydrogens is 528 g/mol. The van der Waals surface area contributed by atoms with E-state index in [4.69, 9.17) is 22.3 Å². The number of carbonyl (C=O) groups excluding carboxylic acids is 2. The first kappa shape index (κ1) is 24.6. The van der Waals surface area contributed by atoms with Gasteiger partial charge in [-0.15, -0.1) is 0 Å². The van der Waals surface area contributed by atoms with Crippen molar-refractivity contribution < 1.29 is 9.59 Å². The number of nitrogens with two attached hydrogens (primary N) is 1. The third-order valence-electron chi connectivity index (χ3n) is 8.12. The molecule has 3 amide bonds. The number of carbonyl (C=O) groups is 2. The molecule has 3 heterocycles. The summed E-state index contributed by atoms with van der Waals surface area (Å²) in [4.78, 5) is 33.1. The first-order valence-corrected chi connectivity index (χ1v) is 13.8. The van der Waals surface area contributed by atoms with Crippen LogP contribution in [0.3, 0.4) is 0 Å². The Morgan fingerprint density at radius 3 is 2.40 bits per heavy atom. The molecule has 0 saturated carbocycles. The van der Waals surface area contributed by atoms with Crippen molar-refractivity contribution in [1.29, 1.82) is 0 Å². The smallest absolute Gasteiger partial charge is 0.314 e. The number of pyridine rings is 1. The average molecular weight is 560 g/mol. The number of likely N-dealkylation sites (tertiary alicyclic amines) is 2. The normalized spacial score (nSPS) is 21.3. The fourth-order valence-electron chi connectivity index (χ4n) is 6.18. The number of aryl methyl sites for hydroxylation is 2. The number of nitrogens with zero attached hydrogens (tertiary/aromatic N) is 3. The monoisotopic (exact) mass is 558 g/mol. The second-order valence-corrected chi connectivity index (χ2v) is 11.6. The molecule has 1 atom stereocenters. The number of halogens is 2. The minimum atomic E-state index is -0.359. The van der Waals surface area contributed by atoms with E-state index in [9.17, 15) is 9.59 Å². The summed E-state index contributed by atoms with van der Waals surface area (Å²) in [6.07, 6.45) is 8.04. The Morgan fingerprint density at radius 2 is 1.69 bits per heavy atom. The molecule has 186 valence electrons. The number of piperidine rings is 2. The van der Waals surface area contributed by atoms with Gasteiger partial charge >= 0.3 is 6.03 Å². The third-order valence-corrected chi connectivity index (χ3v) is 8.79. The van der Waals surface area contributed by atoms with Crippen LogP contribution in [0.1, 0.15) is 60.4 Å². The number of rotatable bonds is 3. The predicted octanol–water partition coefficient (Wildman–Crippen LogP) is 5.15. The molecule has 1 aliphatic carbocycles. The summed E-state index contributed by atoms with van der Waals surface area (Å²) < 4.78 is 1.01. The van der Waals surface area contributed by atoms with Crippen molar-refractivity contribution >= 4 is 39.5 Å². The number of hydrogen-bond acceptors (Lipinski definition) is 3. The second-order valence-electron chi connectivity index (χ2n) is 10.2. The van der Waals surface area contributed by atoms with Gasteiger partial charge in [-0.3, -0.25) is 9.78 Å². The lowest BCUT2D eigenvalue weighted by Gasteiger charge is -2.38. The van der Waals surface area contributed by atoms with Gasteiger partial charge in [0.1, 0.15) is 0 Å². The summed E-state index contributed by atoms with van der Waals surface area (Å²) in [5, 5.41) is 0.782. The maximum Gasteiger partial charge on any atom is 0.314 e. The number of fused-ring (bicyclic) bond motifs is 2. The van der Waals surface area contributed by atoms with Crippen molar-refractivity contribution in [2.45, 2.75) is 50.9 Å². The number of primary amides is 1. The molecule has 0 radical (unpaired) electrons. The summed E-state index contributed by atoms with van der Waals surface area (Å²) in [5.74, 6) is 1.24. The minimum Gasteiger partial charge on any atom is -0.351 e. The van der Waals surface area contributed by atoms with Gasteiger partial charge in [0.15, 0.2) is 0 Å². The molecule has 3 aliphatic rings. The molecule has 8 heteroatoms. The summed E-state index contributed by atoms with van der Waals surface area (Å²) in [6.45, 7) is 2.88. The number of amides is 3. The standard InChI is InChI=1S/C27H32BrClN4O2/c28-21-14-20-2-1-19-15-22(29)3-4-23(19)25(26(20)31-16-21)18-7-11-32(12-8-18)24(34)13-17-5-9-33(10-6-17)27(30)35/h3-4,14-18,25H,1-2,5-13H2,(H2,30,35). The van der Waals surface area contributed by atoms with Crippen molar-refractivity contribution in [3.05, 3.63) is 62.3 Å². The Morgan fingerprint density at radius 1 is 1.00 bits per heavy atom. The highest BCUT2D eigenvalue weighted by Gasteiger charge is 2.35. The SMILES string of the molecule is NC(=O)N1CCC(CC(=O)N2CCC(C3c4ccc(Cl)cc4CCc4cc(Br)cnc43)CC2)CC1. The van der Waals surface area contributed by atoms with Crippen LogP contribution >= 0.6 is 27.5 Å². The zero-order valence-electron chi connectivity index (χ0n) is 19.9. The Kier molecular flexibility index (Phi) is 7.35. The molecule has 35 heavy (non-hydrogen) atoms. The van der Waals surface area contributed by atoms with Crippen LogP contribution in [0.2, 0.25) is 5.02 Å². The van der Waals surface area contributed by atoms with E-state index in [2.05, 4.69) is 34.1 Å². The largest absolute Gasteiger partial charge is 0.351 e. The van der Waals surface area contributed by atoms with Crippen molar-refractivity contribution in [2.24, 2.45) is 17.6 Å².